The van der Waals surface area contributed by atoms with Gasteiger partial charge in [0.1, 0.15) is 17.6 Å². The summed E-state index contributed by atoms with van der Waals surface area (Å²) in [5.74, 6) is 1.95. The molecule has 0 unspecified atom stereocenters. The number of nitrogens with zero attached hydrogens (tertiary/aromatic N) is 2. The molecule has 1 aliphatic rings. The van der Waals surface area contributed by atoms with E-state index in [4.69, 9.17) is 9.47 Å². The van der Waals surface area contributed by atoms with E-state index in [2.05, 4.69) is 29.2 Å². The summed E-state index contributed by atoms with van der Waals surface area (Å²) in [6.07, 6.45) is 4.28. The summed E-state index contributed by atoms with van der Waals surface area (Å²) in [4.78, 5) is 18.2. The van der Waals surface area contributed by atoms with E-state index in [0.29, 0.717) is 13.0 Å². The Balaban J connectivity index is 1.49. The molecular weight excluding hydrogens is 376 g/mol. The minimum Gasteiger partial charge on any atom is -0.493 e. The molecule has 2 heterocycles. The lowest BCUT2D eigenvalue weighted by Crippen LogP contribution is -2.41. The topological polar surface area (TPSA) is 51.7 Å². The first-order valence-electron chi connectivity index (χ1n) is 10.7. The van der Waals surface area contributed by atoms with Crippen molar-refractivity contribution in [2.75, 3.05) is 19.7 Å². The van der Waals surface area contributed by atoms with Crippen LogP contribution in [0.4, 0.5) is 0 Å². The fraction of sp³-hybridized carbons (Fsp3) is 0.360. The van der Waals surface area contributed by atoms with Crippen molar-refractivity contribution in [3.8, 4) is 22.6 Å². The van der Waals surface area contributed by atoms with Crippen LogP contribution in [-0.2, 0) is 4.79 Å². The molecule has 1 saturated heterocycles. The van der Waals surface area contributed by atoms with Crippen LogP contribution in [0.2, 0.25) is 0 Å². The number of hydrogen-bond donors (Lipinski definition) is 0. The predicted molar refractivity (Wildman–Crippen MR) is 119 cm³/mol. The second kappa shape index (κ2) is 9.16. The molecule has 5 nitrogen and oxygen atoms in total. The van der Waals surface area contributed by atoms with Crippen LogP contribution in [-0.4, -0.2) is 41.6 Å². The highest BCUT2D eigenvalue weighted by atomic mass is 16.5. The number of pyridine rings is 1. The van der Waals surface area contributed by atoms with Gasteiger partial charge < -0.3 is 14.4 Å². The average Bonchev–Trinajstić information content (AvgIpc) is 2.79. The molecule has 0 aliphatic carbocycles. The highest BCUT2D eigenvalue weighted by Gasteiger charge is 2.23. The van der Waals surface area contributed by atoms with E-state index < -0.39 is 0 Å². The van der Waals surface area contributed by atoms with E-state index in [0.717, 1.165) is 59.5 Å². The molecule has 1 aromatic heterocycles. The van der Waals surface area contributed by atoms with Gasteiger partial charge in [0.05, 0.1) is 12.1 Å². The molecule has 0 saturated carbocycles. The number of hydrogen-bond acceptors (Lipinski definition) is 4. The Morgan fingerprint density at radius 3 is 2.57 bits per heavy atom. The highest BCUT2D eigenvalue weighted by Crippen LogP contribution is 2.35. The van der Waals surface area contributed by atoms with Gasteiger partial charge in [0, 0.05) is 49.5 Å². The lowest BCUT2D eigenvalue weighted by atomic mass is 10.0. The van der Waals surface area contributed by atoms with Gasteiger partial charge >= 0.3 is 0 Å². The van der Waals surface area contributed by atoms with Gasteiger partial charge in [0.2, 0.25) is 5.91 Å². The maximum Gasteiger partial charge on any atom is 0.222 e. The summed E-state index contributed by atoms with van der Waals surface area (Å²) in [6, 6.07) is 16.3. The van der Waals surface area contributed by atoms with Crippen LogP contribution in [0, 0.1) is 0 Å². The Morgan fingerprint density at radius 2 is 1.87 bits per heavy atom. The lowest BCUT2D eigenvalue weighted by molar-refractivity contribution is -0.132. The first-order chi connectivity index (χ1) is 14.7. The quantitative estimate of drug-likeness (QED) is 0.575. The number of likely N-dealkylation sites (tertiary alicyclic amines) is 1. The van der Waals surface area contributed by atoms with Crippen molar-refractivity contribution in [3.63, 3.8) is 0 Å². The molecule has 5 heteroatoms. The number of piperidine rings is 1. The zero-order valence-electron chi connectivity index (χ0n) is 17.6. The Morgan fingerprint density at radius 1 is 1.10 bits per heavy atom. The summed E-state index contributed by atoms with van der Waals surface area (Å²) >= 11 is 0. The van der Waals surface area contributed by atoms with Crippen molar-refractivity contribution < 1.29 is 14.3 Å². The minimum atomic E-state index is 0.153. The Hall–Kier alpha value is -3.08. The van der Waals surface area contributed by atoms with Gasteiger partial charge in [-0.05, 0) is 42.8 Å². The second-order valence-corrected chi connectivity index (χ2v) is 7.55. The summed E-state index contributed by atoms with van der Waals surface area (Å²) in [7, 11) is 0. The molecule has 1 aliphatic heterocycles. The third-order valence-electron chi connectivity index (χ3n) is 5.57. The fourth-order valence-electron chi connectivity index (χ4n) is 3.95. The van der Waals surface area contributed by atoms with Crippen LogP contribution < -0.4 is 9.47 Å². The molecular formula is C25H28N2O3. The second-order valence-electron chi connectivity index (χ2n) is 7.55. The van der Waals surface area contributed by atoms with Crippen molar-refractivity contribution in [2.45, 2.75) is 39.2 Å². The highest BCUT2D eigenvalue weighted by molar-refractivity contribution is 5.88. The van der Waals surface area contributed by atoms with Crippen LogP contribution in [0.5, 0.6) is 11.5 Å². The SMILES string of the molecule is CCOc1cc2cccnc2cc1-c1ccc(OC2CCN(C(=O)CC)CC2)cc1. The standard InChI is InChI=1S/C25H28N2O3/c1-3-25(28)27-14-11-21(12-15-27)30-20-9-7-18(8-10-20)22-17-23-19(6-5-13-26-23)16-24(22)29-4-2/h5-10,13,16-17,21H,3-4,11-12,14-15H2,1-2H3. The predicted octanol–water partition coefficient (Wildman–Crippen LogP) is 5.08. The number of amides is 1. The molecule has 0 spiro atoms. The summed E-state index contributed by atoms with van der Waals surface area (Å²) < 4.78 is 12.1. The normalized spacial score (nSPS) is 14.7. The van der Waals surface area contributed by atoms with Crippen molar-refractivity contribution >= 4 is 16.8 Å². The average molecular weight is 405 g/mol. The van der Waals surface area contributed by atoms with Gasteiger partial charge in [-0.2, -0.15) is 0 Å². The number of benzene rings is 2. The molecule has 3 aromatic rings. The third kappa shape index (κ3) is 4.40. The smallest absolute Gasteiger partial charge is 0.222 e. The van der Waals surface area contributed by atoms with Gasteiger partial charge in [-0.15, -0.1) is 0 Å². The van der Waals surface area contributed by atoms with Gasteiger partial charge in [0.25, 0.3) is 0 Å². The number of carbonyl (C=O) groups is 1. The molecule has 1 fully saturated rings. The molecule has 0 N–H and O–H groups in total. The number of ether oxygens (including phenoxy) is 2. The van der Waals surface area contributed by atoms with Crippen LogP contribution in [0.3, 0.4) is 0 Å². The van der Waals surface area contributed by atoms with Gasteiger partial charge in [-0.3, -0.25) is 9.78 Å². The molecule has 0 bridgehead atoms. The molecule has 30 heavy (non-hydrogen) atoms. The monoisotopic (exact) mass is 404 g/mol. The van der Waals surface area contributed by atoms with Crippen LogP contribution in [0.1, 0.15) is 33.1 Å². The van der Waals surface area contributed by atoms with E-state index in [-0.39, 0.29) is 12.0 Å². The minimum absolute atomic E-state index is 0.153. The lowest BCUT2D eigenvalue weighted by Gasteiger charge is -2.32. The Kier molecular flexibility index (Phi) is 6.17. The van der Waals surface area contributed by atoms with E-state index >= 15 is 0 Å². The maximum absolute atomic E-state index is 11.8. The summed E-state index contributed by atoms with van der Waals surface area (Å²) in [6.45, 7) is 6.07. The molecule has 0 atom stereocenters. The third-order valence-corrected chi connectivity index (χ3v) is 5.57. The summed E-state index contributed by atoms with van der Waals surface area (Å²) in [5, 5.41) is 1.07. The zero-order valence-corrected chi connectivity index (χ0v) is 17.6. The number of rotatable bonds is 6. The Bertz CT molecular complexity index is 1010. The van der Waals surface area contributed by atoms with Crippen molar-refractivity contribution in [2.24, 2.45) is 0 Å². The molecule has 2 aromatic carbocycles. The number of aromatic nitrogens is 1. The number of carbonyl (C=O) groups excluding carboxylic acids is 1. The van der Waals surface area contributed by atoms with Gasteiger partial charge in [-0.25, -0.2) is 0 Å². The van der Waals surface area contributed by atoms with Gasteiger partial charge in [-0.1, -0.05) is 25.1 Å². The maximum atomic E-state index is 11.8. The van der Waals surface area contributed by atoms with Gasteiger partial charge in [0.15, 0.2) is 0 Å². The zero-order chi connectivity index (χ0) is 20.9. The molecule has 4 rings (SSSR count). The van der Waals surface area contributed by atoms with Crippen LogP contribution >= 0.6 is 0 Å². The molecule has 1 amide bonds. The molecule has 156 valence electrons. The van der Waals surface area contributed by atoms with E-state index in [1.807, 2.05) is 49.2 Å². The Labute approximate surface area is 177 Å². The van der Waals surface area contributed by atoms with Crippen molar-refractivity contribution in [1.82, 2.24) is 9.88 Å². The van der Waals surface area contributed by atoms with E-state index in [1.165, 1.54) is 0 Å². The number of fused-ring (bicyclic) bond motifs is 1. The molecule has 0 radical (unpaired) electrons. The van der Waals surface area contributed by atoms with Crippen LogP contribution in [0.15, 0.2) is 54.7 Å². The summed E-state index contributed by atoms with van der Waals surface area (Å²) in [5.41, 5.74) is 3.05. The van der Waals surface area contributed by atoms with E-state index in [1.54, 1.807) is 0 Å². The van der Waals surface area contributed by atoms with Crippen molar-refractivity contribution in [1.29, 1.82) is 0 Å². The van der Waals surface area contributed by atoms with E-state index in [9.17, 15) is 4.79 Å². The van der Waals surface area contributed by atoms with Crippen LogP contribution in [0.25, 0.3) is 22.0 Å². The fourth-order valence-corrected chi connectivity index (χ4v) is 3.95. The largest absolute Gasteiger partial charge is 0.493 e. The first-order valence-corrected chi connectivity index (χ1v) is 10.7. The van der Waals surface area contributed by atoms with Crippen molar-refractivity contribution in [3.05, 3.63) is 54.7 Å². The first kappa shape index (κ1) is 20.2.